The number of hydrogen-bond donors (Lipinski definition) is 0. The first kappa shape index (κ1) is 18.2. The second-order valence-electron chi connectivity index (χ2n) is 6.84. The second kappa shape index (κ2) is 8.17. The van der Waals surface area contributed by atoms with Gasteiger partial charge in [-0.1, -0.05) is 0 Å². The van der Waals surface area contributed by atoms with E-state index in [0.29, 0.717) is 18.0 Å². The Kier molecular flexibility index (Phi) is 5.71. The molecule has 2 heterocycles. The number of amides is 1. The summed E-state index contributed by atoms with van der Waals surface area (Å²) < 4.78 is 11.5. The Hall–Kier alpha value is -2.63. The van der Waals surface area contributed by atoms with Gasteiger partial charge in [-0.3, -0.25) is 4.79 Å². The van der Waals surface area contributed by atoms with Gasteiger partial charge in [0, 0.05) is 18.2 Å². The van der Waals surface area contributed by atoms with Crippen LogP contribution in [0.5, 0.6) is 11.6 Å². The molecule has 3 rings (SSSR count). The van der Waals surface area contributed by atoms with Gasteiger partial charge in [0.25, 0.3) is 5.91 Å². The lowest BCUT2D eigenvalue weighted by atomic mass is 10.1. The average molecular weight is 355 g/mol. The standard InChI is InChI=1S/C20H25N3O3/c1-14(2)25-17-9-7-16(8-10-17)20(24)23-12-4-5-18(13-23)26-19-11-6-15(3)21-22-19/h6-11,14,18H,4-5,12-13H2,1-3H3. The number of nitrogens with zero attached hydrogens (tertiary/aromatic N) is 3. The molecule has 1 aliphatic heterocycles. The number of benzene rings is 1. The minimum absolute atomic E-state index is 0.0180. The summed E-state index contributed by atoms with van der Waals surface area (Å²) in [6.07, 6.45) is 1.86. The number of ether oxygens (including phenoxy) is 2. The average Bonchev–Trinajstić information content (AvgIpc) is 2.63. The highest BCUT2D eigenvalue weighted by molar-refractivity contribution is 5.94. The first-order chi connectivity index (χ1) is 12.5. The van der Waals surface area contributed by atoms with Gasteiger partial charge in [-0.15, -0.1) is 5.10 Å². The van der Waals surface area contributed by atoms with Gasteiger partial charge in [-0.05, 0) is 63.9 Å². The van der Waals surface area contributed by atoms with Gasteiger partial charge in [0.2, 0.25) is 5.88 Å². The first-order valence-electron chi connectivity index (χ1n) is 9.04. The van der Waals surface area contributed by atoms with Crippen molar-refractivity contribution in [2.24, 2.45) is 0 Å². The summed E-state index contributed by atoms with van der Waals surface area (Å²) in [5.41, 5.74) is 1.51. The van der Waals surface area contributed by atoms with Crippen LogP contribution in [0, 0.1) is 6.92 Å². The van der Waals surface area contributed by atoms with Crippen LogP contribution in [0.2, 0.25) is 0 Å². The summed E-state index contributed by atoms with van der Waals surface area (Å²) in [7, 11) is 0. The zero-order valence-corrected chi connectivity index (χ0v) is 15.5. The largest absolute Gasteiger partial charge is 0.491 e. The van der Waals surface area contributed by atoms with E-state index < -0.39 is 0 Å². The summed E-state index contributed by atoms with van der Waals surface area (Å²) in [4.78, 5) is 14.6. The molecule has 1 aliphatic rings. The molecule has 1 fully saturated rings. The summed E-state index contributed by atoms with van der Waals surface area (Å²) >= 11 is 0. The van der Waals surface area contributed by atoms with E-state index in [4.69, 9.17) is 9.47 Å². The molecule has 138 valence electrons. The SMILES string of the molecule is Cc1ccc(OC2CCCN(C(=O)c3ccc(OC(C)C)cc3)C2)nn1. The minimum atomic E-state index is -0.0618. The molecular weight excluding hydrogens is 330 g/mol. The molecule has 0 bridgehead atoms. The number of likely N-dealkylation sites (tertiary alicyclic amines) is 1. The maximum absolute atomic E-state index is 12.8. The van der Waals surface area contributed by atoms with Crippen molar-refractivity contribution in [1.82, 2.24) is 15.1 Å². The predicted octanol–water partition coefficient (Wildman–Crippen LogP) is 3.26. The van der Waals surface area contributed by atoms with E-state index in [1.54, 1.807) is 0 Å². The van der Waals surface area contributed by atoms with E-state index in [1.807, 2.05) is 62.1 Å². The Morgan fingerprint density at radius 1 is 1.15 bits per heavy atom. The number of carbonyl (C=O) groups excluding carboxylic acids is 1. The van der Waals surface area contributed by atoms with Crippen molar-refractivity contribution in [3.05, 3.63) is 47.7 Å². The van der Waals surface area contributed by atoms with Gasteiger partial charge in [0.15, 0.2) is 0 Å². The number of carbonyl (C=O) groups is 1. The normalized spacial score (nSPS) is 17.2. The first-order valence-corrected chi connectivity index (χ1v) is 9.04. The minimum Gasteiger partial charge on any atom is -0.491 e. The van der Waals surface area contributed by atoms with Gasteiger partial charge >= 0.3 is 0 Å². The third-order valence-electron chi connectivity index (χ3n) is 4.20. The Labute approximate surface area is 154 Å². The van der Waals surface area contributed by atoms with E-state index in [0.717, 1.165) is 30.8 Å². The van der Waals surface area contributed by atoms with Crippen LogP contribution in [-0.2, 0) is 0 Å². The summed E-state index contributed by atoms with van der Waals surface area (Å²) in [5.74, 6) is 1.30. The predicted molar refractivity (Wildman–Crippen MR) is 98.5 cm³/mol. The third-order valence-corrected chi connectivity index (χ3v) is 4.20. The van der Waals surface area contributed by atoms with Gasteiger partial charge in [0.1, 0.15) is 11.9 Å². The number of rotatable bonds is 5. The molecule has 6 nitrogen and oxygen atoms in total. The molecule has 1 aromatic heterocycles. The monoisotopic (exact) mass is 355 g/mol. The summed E-state index contributed by atoms with van der Waals surface area (Å²) in [6.45, 7) is 7.13. The van der Waals surface area contributed by atoms with Crippen molar-refractivity contribution < 1.29 is 14.3 Å². The van der Waals surface area contributed by atoms with E-state index in [2.05, 4.69) is 10.2 Å². The molecule has 0 radical (unpaired) electrons. The van der Waals surface area contributed by atoms with Crippen LogP contribution in [-0.4, -0.2) is 46.3 Å². The molecule has 1 aromatic carbocycles. The van der Waals surface area contributed by atoms with Crippen LogP contribution < -0.4 is 9.47 Å². The number of hydrogen-bond acceptors (Lipinski definition) is 5. The highest BCUT2D eigenvalue weighted by Crippen LogP contribution is 2.20. The molecule has 26 heavy (non-hydrogen) atoms. The molecule has 1 saturated heterocycles. The number of aryl methyl sites for hydroxylation is 1. The zero-order valence-electron chi connectivity index (χ0n) is 15.5. The molecule has 1 atom stereocenters. The second-order valence-corrected chi connectivity index (χ2v) is 6.84. The Bertz CT molecular complexity index is 729. The quantitative estimate of drug-likeness (QED) is 0.824. The molecule has 0 N–H and O–H groups in total. The Morgan fingerprint density at radius 3 is 2.58 bits per heavy atom. The highest BCUT2D eigenvalue weighted by atomic mass is 16.5. The van der Waals surface area contributed by atoms with Crippen LogP contribution in [0.15, 0.2) is 36.4 Å². The van der Waals surface area contributed by atoms with Crippen molar-refractivity contribution in [3.63, 3.8) is 0 Å². The van der Waals surface area contributed by atoms with E-state index in [9.17, 15) is 4.79 Å². The topological polar surface area (TPSA) is 64.5 Å². The maximum atomic E-state index is 12.8. The van der Waals surface area contributed by atoms with Crippen LogP contribution in [0.1, 0.15) is 42.7 Å². The van der Waals surface area contributed by atoms with Crippen LogP contribution in [0.3, 0.4) is 0 Å². The van der Waals surface area contributed by atoms with Crippen molar-refractivity contribution in [2.75, 3.05) is 13.1 Å². The van der Waals surface area contributed by atoms with Crippen LogP contribution in [0.25, 0.3) is 0 Å². The van der Waals surface area contributed by atoms with Crippen molar-refractivity contribution in [3.8, 4) is 11.6 Å². The fraction of sp³-hybridized carbons (Fsp3) is 0.450. The number of piperidine rings is 1. The van der Waals surface area contributed by atoms with Gasteiger partial charge in [0.05, 0.1) is 18.3 Å². The lowest BCUT2D eigenvalue weighted by Crippen LogP contribution is -2.44. The van der Waals surface area contributed by atoms with Crippen molar-refractivity contribution in [1.29, 1.82) is 0 Å². The molecule has 1 unspecified atom stereocenters. The molecular formula is C20H25N3O3. The van der Waals surface area contributed by atoms with E-state index in [1.165, 1.54) is 0 Å². The Balaban J connectivity index is 1.61. The Morgan fingerprint density at radius 2 is 1.92 bits per heavy atom. The zero-order chi connectivity index (χ0) is 18.5. The van der Waals surface area contributed by atoms with Crippen LogP contribution in [0.4, 0.5) is 0 Å². The lowest BCUT2D eigenvalue weighted by molar-refractivity contribution is 0.0525. The molecule has 2 aromatic rings. The third kappa shape index (κ3) is 4.71. The van der Waals surface area contributed by atoms with E-state index in [-0.39, 0.29) is 18.1 Å². The molecule has 1 amide bonds. The smallest absolute Gasteiger partial charge is 0.253 e. The van der Waals surface area contributed by atoms with Gasteiger partial charge in [-0.25, -0.2) is 0 Å². The maximum Gasteiger partial charge on any atom is 0.253 e. The summed E-state index contributed by atoms with van der Waals surface area (Å²) in [6, 6.07) is 11.0. The van der Waals surface area contributed by atoms with E-state index >= 15 is 0 Å². The molecule has 6 heteroatoms. The number of aromatic nitrogens is 2. The molecule has 0 spiro atoms. The lowest BCUT2D eigenvalue weighted by Gasteiger charge is -2.32. The fourth-order valence-corrected chi connectivity index (χ4v) is 2.97. The van der Waals surface area contributed by atoms with Crippen LogP contribution >= 0.6 is 0 Å². The van der Waals surface area contributed by atoms with Gasteiger partial charge < -0.3 is 14.4 Å². The van der Waals surface area contributed by atoms with Crippen molar-refractivity contribution >= 4 is 5.91 Å². The summed E-state index contributed by atoms with van der Waals surface area (Å²) in [5, 5.41) is 8.05. The van der Waals surface area contributed by atoms with Crippen molar-refractivity contribution in [2.45, 2.75) is 45.8 Å². The fourth-order valence-electron chi connectivity index (χ4n) is 2.97. The molecule has 0 saturated carbocycles. The highest BCUT2D eigenvalue weighted by Gasteiger charge is 2.26. The van der Waals surface area contributed by atoms with Gasteiger partial charge in [-0.2, -0.15) is 5.10 Å². The molecule has 0 aliphatic carbocycles.